The number of carbonyl (C=O) groups excluding carboxylic acids is 4. The molecule has 240 valence electrons. The molecule has 1 atom stereocenters. The molecule has 0 spiro atoms. The number of anilines is 1. The minimum Gasteiger partial charge on any atom is -0.444 e. The number of nitrogens with zero attached hydrogens (tertiary/aromatic N) is 3. The lowest BCUT2D eigenvalue weighted by atomic mass is 9.90. The number of likely N-dealkylation sites (tertiary alicyclic amines) is 1. The van der Waals surface area contributed by atoms with Crippen LogP contribution in [-0.4, -0.2) is 95.9 Å². The Morgan fingerprint density at radius 2 is 1.50 bits per heavy atom. The standard InChI is InChI=1S/C32H43FN4O7/c1-32(2,3)44-31(41)36-14-10-20(11-15-36)43-22-16-21(17-22)42-19-8-12-35(13-9-19)25-5-4-23-24(28(25)33)18-37(30(23)40)26-6-7-27(38)34-29(26)39/h4-5,19-22,26H,6-18H2,1-3H3,(H,34,38,39). The van der Waals surface area contributed by atoms with Crippen LogP contribution in [0.15, 0.2) is 12.1 Å². The van der Waals surface area contributed by atoms with Crippen LogP contribution in [0.3, 0.4) is 0 Å². The van der Waals surface area contributed by atoms with Crippen molar-refractivity contribution >= 4 is 29.5 Å². The van der Waals surface area contributed by atoms with Crippen LogP contribution in [0.5, 0.6) is 0 Å². The molecule has 0 radical (unpaired) electrons. The van der Waals surface area contributed by atoms with Gasteiger partial charge in [-0.1, -0.05) is 0 Å². The van der Waals surface area contributed by atoms with E-state index in [-0.39, 0.29) is 67.3 Å². The zero-order chi connectivity index (χ0) is 31.2. The first kappa shape index (κ1) is 30.8. The second kappa shape index (κ2) is 12.3. The van der Waals surface area contributed by atoms with E-state index in [9.17, 15) is 19.2 Å². The number of imide groups is 1. The van der Waals surface area contributed by atoms with E-state index in [1.54, 1.807) is 17.0 Å². The van der Waals surface area contributed by atoms with Crippen LogP contribution in [0.4, 0.5) is 14.9 Å². The summed E-state index contributed by atoms with van der Waals surface area (Å²) < 4.78 is 33.8. The third-order valence-corrected chi connectivity index (χ3v) is 9.33. The first-order chi connectivity index (χ1) is 20.9. The molecule has 4 fully saturated rings. The molecule has 4 heterocycles. The van der Waals surface area contributed by atoms with Gasteiger partial charge in [0.25, 0.3) is 5.91 Å². The summed E-state index contributed by atoms with van der Waals surface area (Å²) in [6, 6.07) is 2.55. The Kier molecular flexibility index (Phi) is 8.58. The van der Waals surface area contributed by atoms with Crippen LogP contribution in [0.2, 0.25) is 0 Å². The molecule has 0 bridgehead atoms. The second-order valence-corrected chi connectivity index (χ2v) is 13.7. The summed E-state index contributed by atoms with van der Waals surface area (Å²) in [5.74, 6) is -1.65. The maximum absolute atomic E-state index is 15.7. The third kappa shape index (κ3) is 6.56. The largest absolute Gasteiger partial charge is 0.444 e. The van der Waals surface area contributed by atoms with Gasteiger partial charge in [-0.05, 0) is 77.8 Å². The van der Waals surface area contributed by atoms with E-state index in [4.69, 9.17) is 14.2 Å². The average Bonchev–Trinajstić information content (AvgIpc) is 3.29. The summed E-state index contributed by atoms with van der Waals surface area (Å²) in [7, 11) is 0. The number of fused-ring (bicyclic) bond motifs is 1. The molecule has 3 saturated heterocycles. The van der Waals surface area contributed by atoms with E-state index in [2.05, 4.69) is 5.32 Å². The van der Waals surface area contributed by atoms with Gasteiger partial charge in [0.1, 0.15) is 11.6 Å². The first-order valence-electron chi connectivity index (χ1n) is 15.9. The van der Waals surface area contributed by atoms with Crippen LogP contribution in [-0.2, 0) is 30.3 Å². The lowest BCUT2D eigenvalue weighted by Gasteiger charge is -2.42. The van der Waals surface area contributed by atoms with Gasteiger partial charge in [0.2, 0.25) is 11.8 Å². The Labute approximate surface area is 257 Å². The maximum Gasteiger partial charge on any atom is 0.410 e. The monoisotopic (exact) mass is 614 g/mol. The molecule has 12 heteroatoms. The average molecular weight is 615 g/mol. The van der Waals surface area contributed by atoms with Crippen molar-refractivity contribution in [2.75, 3.05) is 31.1 Å². The Bertz CT molecular complexity index is 1290. The minimum atomic E-state index is -0.767. The molecule has 1 aliphatic carbocycles. The second-order valence-electron chi connectivity index (χ2n) is 13.7. The number of piperidine rings is 3. The fourth-order valence-electron chi connectivity index (χ4n) is 6.85. The fourth-order valence-corrected chi connectivity index (χ4v) is 6.85. The maximum atomic E-state index is 15.7. The highest BCUT2D eigenvalue weighted by molar-refractivity contribution is 6.05. The van der Waals surface area contributed by atoms with Gasteiger partial charge in [0.05, 0.1) is 36.6 Å². The van der Waals surface area contributed by atoms with Crippen molar-refractivity contribution in [3.63, 3.8) is 0 Å². The molecule has 4 amide bonds. The summed E-state index contributed by atoms with van der Waals surface area (Å²) in [6.07, 6.45) is 5.66. The number of benzene rings is 1. The van der Waals surface area contributed by atoms with E-state index >= 15 is 4.39 Å². The Balaban J connectivity index is 0.927. The topological polar surface area (TPSA) is 118 Å². The number of rotatable bonds is 6. The molecule has 6 rings (SSSR count). The van der Waals surface area contributed by atoms with Gasteiger partial charge in [-0.15, -0.1) is 0 Å². The molecule has 1 unspecified atom stereocenters. The molecule has 1 N–H and O–H groups in total. The SMILES string of the molecule is CC(C)(C)OC(=O)N1CCC(OC2CC(OC3CCN(c4ccc5c(c4F)CN(C4CCC(=O)NC4=O)C5=O)CC3)C2)CC1. The lowest BCUT2D eigenvalue weighted by Crippen LogP contribution is -2.52. The summed E-state index contributed by atoms with van der Waals surface area (Å²) in [6.45, 7) is 8.22. The number of hydrogen-bond acceptors (Lipinski definition) is 8. The quantitative estimate of drug-likeness (QED) is 0.484. The molecular formula is C32H43FN4O7. The van der Waals surface area contributed by atoms with Crippen LogP contribution < -0.4 is 10.2 Å². The van der Waals surface area contributed by atoms with Crippen molar-refractivity contribution in [3.8, 4) is 0 Å². The predicted molar refractivity (Wildman–Crippen MR) is 157 cm³/mol. The zero-order valence-corrected chi connectivity index (χ0v) is 25.8. The number of hydrogen-bond donors (Lipinski definition) is 1. The molecule has 11 nitrogen and oxygen atoms in total. The van der Waals surface area contributed by atoms with Gasteiger partial charge in [0.15, 0.2) is 5.82 Å². The van der Waals surface area contributed by atoms with Gasteiger partial charge in [0, 0.05) is 43.7 Å². The van der Waals surface area contributed by atoms with Crippen LogP contribution >= 0.6 is 0 Å². The Morgan fingerprint density at radius 3 is 2.09 bits per heavy atom. The third-order valence-electron chi connectivity index (χ3n) is 9.33. The smallest absolute Gasteiger partial charge is 0.410 e. The van der Waals surface area contributed by atoms with Gasteiger partial charge in [-0.3, -0.25) is 19.7 Å². The number of amides is 4. The van der Waals surface area contributed by atoms with E-state index < -0.39 is 23.4 Å². The summed E-state index contributed by atoms with van der Waals surface area (Å²) in [4.78, 5) is 54.3. The van der Waals surface area contributed by atoms with Crippen LogP contribution in [0.25, 0.3) is 0 Å². The molecule has 1 saturated carbocycles. The van der Waals surface area contributed by atoms with Crippen molar-refractivity contribution in [1.82, 2.24) is 15.1 Å². The summed E-state index contributed by atoms with van der Waals surface area (Å²) in [5, 5.41) is 2.28. The summed E-state index contributed by atoms with van der Waals surface area (Å²) >= 11 is 0. The highest BCUT2D eigenvalue weighted by Crippen LogP contribution is 2.36. The molecule has 44 heavy (non-hydrogen) atoms. The molecular weight excluding hydrogens is 571 g/mol. The van der Waals surface area contributed by atoms with Crippen molar-refractivity contribution in [3.05, 3.63) is 29.1 Å². The van der Waals surface area contributed by atoms with E-state index in [0.29, 0.717) is 37.4 Å². The Morgan fingerprint density at radius 1 is 0.886 bits per heavy atom. The van der Waals surface area contributed by atoms with Crippen molar-refractivity contribution in [2.45, 2.75) is 115 Å². The number of nitrogens with one attached hydrogen (secondary N) is 1. The predicted octanol–water partition coefficient (Wildman–Crippen LogP) is 3.52. The zero-order valence-electron chi connectivity index (χ0n) is 25.8. The van der Waals surface area contributed by atoms with E-state index in [1.807, 2.05) is 25.7 Å². The minimum absolute atomic E-state index is 0.0213. The summed E-state index contributed by atoms with van der Waals surface area (Å²) in [5.41, 5.74) is 0.566. The van der Waals surface area contributed by atoms with Gasteiger partial charge in [-0.2, -0.15) is 0 Å². The van der Waals surface area contributed by atoms with E-state index in [0.717, 1.165) is 38.5 Å². The fraction of sp³-hybridized carbons (Fsp3) is 0.688. The highest BCUT2D eigenvalue weighted by atomic mass is 19.1. The molecule has 5 aliphatic rings. The molecule has 0 aromatic heterocycles. The lowest BCUT2D eigenvalue weighted by molar-refractivity contribution is -0.153. The number of halogens is 1. The first-order valence-corrected chi connectivity index (χ1v) is 15.9. The molecule has 1 aromatic rings. The van der Waals surface area contributed by atoms with Gasteiger partial charge >= 0.3 is 6.09 Å². The van der Waals surface area contributed by atoms with Crippen LogP contribution in [0.1, 0.15) is 88.1 Å². The molecule has 1 aromatic carbocycles. The van der Waals surface area contributed by atoms with Gasteiger partial charge in [-0.25, -0.2) is 9.18 Å². The highest BCUT2D eigenvalue weighted by Gasteiger charge is 2.41. The van der Waals surface area contributed by atoms with Crippen molar-refractivity contribution in [1.29, 1.82) is 0 Å². The van der Waals surface area contributed by atoms with Crippen molar-refractivity contribution < 1.29 is 37.8 Å². The number of carbonyl (C=O) groups is 4. The van der Waals surface area contributed by atoms with E-state index in [1.165, 1.54) is 4.90 Å². The Hall–Kier alpha value is -3.25. The number of ether oxygens (including phenoxy) is 3. The van der Waals surface area contributed by atoms with Crippen molar-refractivity contribution in [2.24, 2.45) is 0 Å². The van der Waals surface area contributed by atoms with Crippen LogP contribution in [0, 0.1) is 5.82 Å². The van der Waals surface area contributed by atoms with Gasteiger partial charge < -0.3 is 28.9 Å². The normalized spacial score (nSPS) is 26.9. The molecule has 4 aliphatic heterocycles.